The van der Waals surface area contributed by atoms with Crippen molar-refractivity contribution in [3.05, 3.63) is 105 Å². The number of nitrogens with one attached hydrogen (secondary N) is 1. The van der Waals surface area contributed by atoms with Gasteiger partial charge in [0, 0.05) is 29.2 Å². The molecule has 37 heavy (non-hydrogen) atoms. The Labute approximate surface area is 234 Å². The van der Waals surface area contributed by atoms with Crippen molar-refractivity contribution in [2.75, 3.05) is 5.75 Å². The number of hydrogen-bond acceptors (Lipinski definition) is 3. The Balaban J connectivity index is 1.85. The molecule has 2 atom stereocenters. The summed E-state index contributed by atoms with van der Waals surface area (Å²) in [6.07, 6.45) is 1.29. The minimum absolute atomic E-state index is 0.0301. The second-order valence-electron chi connectivity index (χ2n) is 9.66. The first kappa shape index (κ1) is 29.0. The summed E-state index contributed by atoms with van der Waals surface area (Å²) in [6, 6.07) is 23.8. The van der Waals surface area contributed by atoms with Crippen LogP contribution in [0.2, 0.25) is 0 Å². The third-order valence-electron chi connectivity index (χ3n) is 6.31. The molecule has 3 aromatic rings. The Morgan fingerprint density at radius 2 is 1.57 bits per heavy atom. The molecule has 0 saturated heterocycles. The highest BCUT2D eigenvalue weighted by atomic mass is 79.9. The van der Waals surface area contributed by atoms with Crippen LogP contribution in [0.1, 0.15) is 48.1 Å². The predicted molar refractivity (Wildman–Crippen MR) is 159 cm³/mol. The van der Waals surface area contributed by atoms with Gasteiger partial charge in [-0.3, -0.25) is 9.59 Å². The first-order chi connectivity index (χ1) is 17.7. The second-order valence-corrected chi connectivity index (χ2v) is 11.6. The maximum absolute atomic E-state index is 13.7. The fourth-order valence-corrected chi connectivity index (χ4v) is 5.38. The summed E-state index contributed by atoms with van der Waals surface area (Å²) in [5.41, 5.74) is 5.69. The number of thioether (sulfide) groups is 1. The van der Waals surface area contributed by atoms with Crippen molar-refractivity contribution in [3.8, 4) is 0 Å². The average Bonchev–Trinajstić information content (AvgIpc) is 2.87. The molecule has 0 bridgehead atoms. The number of halogens is 1. The van der Waals surface area contributed by atoms with Crippen LogP contribution in [0.4, 0.5) is 0 Å². The van der Waals surface area contributed by atoms with Gasteiger partial charge in [-0.2, -0.15) is 0 Å². The van der Waals surface area contributed by atoms with Crippen molar-refractivity contribution >= 4 is 39.5 Å². The van der Waals surface area contributed by atoms with E-state index in [0.717, 1.165) is 27.8 Å². The van der Waals surface area contributed by atoms with Gasteiger partial charge in [0.05, 0.1) is 5.75 Å². The van der Waals surface area contributed by atoms with Gasteiger partial charge in [0.25, 0.3) is 0 Å². The Kier molecular flexibility index (Phi) is 11.3. The van der Waals surface area contributed by atoms with Gasteiger partial charge in [0.1, 0.15) is 6.04 Å². The topological polar surface area (TPSA) is 49.4 Å². The molecule has 0 aliphatic rings. The van der Waals surface area contributed by atoms with Crippen LogP contribution in [0.5, 0.6) is 0 Å². The van der Waals surface area contributed by atoms with E-state index in [-0.39, 0.29) is 17.9 Å². The number of amides is 2. The minimum atomic E-state index is -0.602. The standard InChI is InChI=1S/C31H37BrN2O2S/c1-5-24(4)33-31(36)29(18-25-9-7-6-8-10-25)34(19-26-11-13-28(32)14-12-26)30(35)21-37-20-27-16-22(2)15-23(3)17-27/h6-17,24,29H,5,18-21H2,1-4H3,(H,33,36)/t24-,29+/m1/s1. The molecule has 0 radical (unpaired) electrons. The zero-order chi connectivity index (χ0) is 26.8. The van der Waals surface area contributed by atoms with Crippen LogP contribution >= 0.6 is 27.7 Å². The molecule has 2 amide bonds. The second kappa shape index (κ2) is 14.4. The summed E-state index contributed by atoms with van der Waals surface area (Å²) < 4.78 is 0.980. The Hall–Kier alpha value is -2.57. The zero-order valence-corrected chi connectivity index (χ0v) is 24.6. The molecular weight excluding hydrogens is 544 g/mol. The SMILES string of the molecule is CC[C@@H](C)NC(=O)[C@H](Cc1ccccc1)N(Cc1ccc(Br)cc1)C(=O)CSCc1cc(C)cc(C)c1. The van der Waals surface area contributed by atoms with E-state index in [1.807, 2.05) is 68.4 Å². The van der Waals surface area contributed by atoms with Crippen LogP contribution in [0.15, 0.2) is 77.3 Å². The van der Waals surface area contributed by atoms with Gasteiger partial charge in [-0.1, -0.05) is 94.6 Å². The fourth-order valence-electron chi connectivity index (χ4n) is 4.27. The monoisotopic (exact) mass is 580 g/mol. The molecule has 1 N–H and O–H groups in total. The third-order valence-corrected chi connectivity index (χ3v) is 7.83. The average molecular weight is 582 g/mol. The molecule has 0 aliphatic heterocycles. The van der Waals surface area contributed by atoms with E-state index < -0.39 is 6.04 Å². The lowest BCUT2D eigenvalue weighted by molar-refractivity contribution is -0.139. The highest BCUT2D eigenvalue weighted by Crippen LogP contribution is 2.21. The Bertz CT molecular complexity index is 1150. The van der Waals surface area contributed by atoms with E-state index >= 15 is 0 Å². The van der Waals surface area contributed by atoms with E-state index in [2.05, 4.69) is 53.3 Å². The molecule has 0 aromatic heterocycles. The molecule has 0 aliphatic carbocycles. The van der Waals surface area contributed by atoms with Crippen molar-refractivity contribution in [1.82, 2.24) is 10.2 Å². The van der Waals surface area contributed by atoms with E-state index in [1.165, 1.54) is 16.7 Å². The van der Waals surface area contributed by atoms with Crippen LogP contribution in [0, 0.1) is 13.8 Å². The van der Waals surface area contributed by atoms with Crippen LogP contribution in [0.3, 0.4) is 0 Å². The molecule has 0 spiro atoms. The lowest BCUT2D eigenvalue weighted by atomic mass is 10.0. The number of rotatable bonds is 12. The smallest absolute Gasteiger partial charge is 0.243 e. The van der Waals surface area contributed by atoms with Crippen molar-refractivity contribution in [2.45, 2.75) is 64.9 Å². The molecule has 3 rings (SSSR count). The molecule has 0 unspecified atom stereocenters. The number of carbonyl (C=O) groups excluding carboxylic acids is 2. The maximum atomic E-state index is 13.7. The van der Waals surface area contributed by atoms with Gasteiger partial charge in [-0.25, -0.2) is 0 Å². The quantitative estimate of drug-likeness (QED) is 0.255. The zero-order valence-electron chi connectivity index (χ0n) is 22.2. The molecule has 0 saturated carbocycles. The molecule has 0 heterocycles. The van der Waals surface area contributed by atoms with Crippen molar-refractivity contribution in [2.24, 2.45) is 0 Å². The maximum Gasteiger partial charge on any atom is 0.243 e. The number of carbonyl (C=O) groups is 2. The fraction of sp³-hybridized carbons (Fsp3) is 0.355. The number of aryl methyl sites for hydroxylation is 2. The van der Waals surface area contributed by atoms with E-state index in [0.29, 0.717) is 18.7 Å². The summed E-state index contributed by atoms with van der Waals surface area (Å²) in [5, 5.41) is 3.13. The normalized spacial score (nSPS) is 12.6. The van der Waals surface area contributed by atoms with Gasteiger partial charge >= 0.3 is 0 Å². The highest BCUT2D eigenvalue weighted by Gasteiger charge is 2.30. The molecule has 0 fully saturated rings. The summed E-state index contributed by atoms with van der Waals surface area (Å²) in [7, 11) is 0. The predicted octanol–water partition coefficient (Wildman–Crippen LogP) is 6.85. The van der Waals surface area contributed by atoms with E-state index in [1.54, 1.807) is 16.7 Å². The molecular formula is C31H37BrN2O2S. The van der Waals surface area contributed by atoms with Gasteiger partial charge in [-0.05, 0) is 56.0 Å². The van der Waals surface area contributed by atoms with Gasteiger partial charge in [0.2, 0.25) is 11.8 Å². The number of hydrogen-bond donors (Lipinski definition) is 1. The van der Waals surface area contributed by atoms with Crippen LogP contribution in [0.25, 0.3) is 0 Å². The van der Waals surface area contributed by atoms with Crippen LogP contribution in [-0.4, -0.2) is 34.6 Å². The van der Waals surface area contributed by atoms with Crippen LogP contribution in [-0.2, 0) is 28.3 Å². The molecule has 3 aromatic carbocycles. The summed E-state index contributed by atoms with van der Waals surface area (Å²) in [5.74, 6) is 0.925. The molecule has 4 nitrogen and oxygen atoms in total. The first-order valence-corrected chi connectivity index (χ1v) is 14.7. The summed E-state index contributed by atoms with van der Waals surface area (Å²) >= 11 is 5.09. The third kappa shape index (κ3) is 9.35. The first-order valence-electron chi connectivity index (χ1n) is 12.8. The largest absolute Gasteiger partial charge is 0.352 e. The lowest BCUT2D eigenvalue weighted by Gasteiger charge is -2.32. The summed E-state index contributed by atoms with van der Waals surface area (Å²) in [4.78, 5) is 29.1. The Morgan fingerprint density at radius 3 is 2.19 bits per heavy atom. The van der Waals surface area contributed by atoms with Gasteiger partial charge in [-0.15, -0.1) is 11.8 Å². The summed E-state index contributed by atoms with van der Waals surface area (Å²) in [6.45, 7) is 8.61. The van der Waals surface area contributed by atoms with Crippen molar-refractivity contribution in [1.29, 1.82) is 0 Å². The van der Waals surface area contributed by atoms with Gasteiger partial charge in [0.15, 0.2) is 0 Å². The number of nitrogens with zero attached hydrogens (tertiary/aromatic N) is 1. The van der Waals surface area contributed by atoms with Crippen molar-refractivity contribution < 1.29 is 9.59 Å². The molecule has 196 valence electrons. The van der Waals surface area contributed by atoms with Crippen molar-refractivity contribution in [3.63, 3.8) is 0 Å². The highest BCUT2D eigenvalue weighted by molar-refractivity contribution is 9.10. The van der Waals surface area contributed by atoms with Crippen LogP contribution < -0.4 is 5.32 Å². The van der Waals surface area contributed by atoms with Gasteiger partial charge < -0.3 is 10.2 Å². The minimum Gasteiger partial charge on any atom is -0.352 e. The number of benzene rings is 3. The Morgan fingerprint density at radius 1 is 0.919 bits per heavy atom. The van der Waals surface area contributed by atoms with E-state index in [4.69, 9.17) is 0 Å². The lowest BCUT2D eigenvalue weighted by Crippen LogP contribution is -2.52. The molecule has 6 heteroatoms. The van der Waals surface area contributed by atoms with E-state index in [9.17, 15) is 9.59 Å².